The van der Waals surface area contributed by atoms with E-state index >= 15 is 0 Å². The Balaban J connectivity index is 3.42. The first kappa shape index (κ1) is 10.9. The SMILES string of the molecule is CCC(=O)c1c(Br)ccc(C#N)c1F. The lowest BCUT2D eigenvalue weighted by atomic mass is 10.1. The molecule has 0 amide bonds. The molecule has 0 atom stereocenters. The van der Waals surface area contributed by atoms with Crippen LogP contribution in [0.1, 0.15) is 29.3 Å². The Bertz CT molecular complexity index is 423. The molecule has 0 saturated carbocycles. The summed E-state index contributed by atoms with van der Waals surface area (Å²) in [5, 5.41) is 8.57. The number of hydrogen-bond donors (Lipinski definition) is 0. The molecule has 72 valence electrons. The van der Waals surface area contributed by atoms with Gasteiger partial charge in [0.25, 0.3) is 0 Å². The van der Waals surface area contributed by atoms with Gasteiger partial charge in [0.05, 0.1) is 11.1 Å². The molecule has 4 heteroatoms. The molecular formula is C10H7BrFNO. The largest absolute Gasteiger partial charge is 0.294 e. The monoisotopic (exact) mass is 255 g/mol. The molecule has 1 rings (SSSR count). The van der Waals surface area contributed by atoms with Gasteiger partial charge in [-0.15, -0.1) is 0 Å². The number of ketones is 1. The highest BCUT2D eigenvalue weighted by Gasteiger charge is 2.17. The molecule has 14 heavy (non-hydrogen) atoms. The highest BCUT2D eigenvalue weighted by molar-refractivity contribution is 9.10. The predicted molar refractivity (Wildman–Crippen MR) is 53.4 cm³/mol. The zero-order chi connectivity index (χ0) is 10.7. The summed E-state index contributed by atoms with van der Waals surface area (Å²) in [5.74, 6) is -1.06. The van der Waals surface area contributed by atoms with Crippen LogP contribution in [0.5, 0.6) is 0 Å². The average Bonchev–Trinajstić information content (AvgIpc) is 2.18. The summed E-state index contributed by atoms with van der Waals surface area (Å²) in [6.07, 6.45) is 0.213. The molecule has 0 N–H and O–H groups in total. The van der Waals surface area contributed by atoms with Crippen LogP contribution >= 0.6 is 15.9 Å². The molecular weight excluding hydrogens is 249 g/mol. The average molecular weight is 256 g/mol. The third-order valence-corrected chi connectivity index (χ3v) is 2.47. The number of Topliss-reactive ketones (excluding diaryl/α,β-unsaturated/α-hetero) is 1. The number of halogens is 2. The van der Waals surface area contributed by atoms with E-state index in [-0.39, 0.29) is 23.3 Å². The van der Waals surface area contributed by atoms with Crippen LogP contribution in [0.25, 0.3) is 0 Å². The number of hydrogen-bond acceptors (Lipinski definition) is 2. The maximum absolute atomic E-state index is 13.5. The summed E-state index contributed by atoms with van der Waals surface area (Å²) < 4.78 is 13.9. The zero-order valence-electron chi connectivity index (χ0n) is 7.47. The lowest BCUT2D eigenvalue weighted by molar-refractivity contribution is 0.0983. The Morgan fingerprint density at radius 2 is 2.29 bits per heavy atom. The van der Waals surface area contributed by atoms with E-state index in [1.54, 1.807) is 13.0 Å². The molecule has 0 spiro atoms. The predicted octanol–water partition coefficient (Wildman–Crippen LogP) is 3.05. The van der Waals surface area contributed by atoms with Gasteiger partial charge in [-0.1, -0.05) is 6.92 Å². The van der Waals surface area contributed by atoms with E-state index in [2.05, 4.69) is 15.9 Å². The summed E-state index contributed by atoms with van der Waals surface area (Å²) in [6, 6.07) is 4.54. The number of nitriles is 1. The van der Waals surface area contributed by atoms with Crippen molar-refractivity contribution >= 4 is 21.7 Å². The highest BCUT2D eigenvalue weighted by Crippen LogP contribution is 2.23. The normalized spacial score (nSPS) is 9.57. The van der Waals surface area contributed by atoms with Gasteiger partial charge in [-0.05, 0) is 28.1 Å². The fourth-order valence-corrected chi connectivity index (χ4v) is 1.60. The molecule has 0 aliphatic carbocycles. The minimum Gasteiger partial charge on any atom is -0.294 e. The van der Waals surface area contributed by atoms with Crippen molar-refractivity contribution in [2.24, 2.45) is 0 Å². The van der Waals surface area contributed by atoms with E-state index < -0.39 is 5.82 Å². The van der Waals surface area contributed by atoms with Crippen molar-refractivity contribution in [2.75, 3.05) is 0 Å². The van der Waals surface area contributed by atoms with Crippen molar-refractivity contribution in [1.29, 1.82) is 5.26 Å². The minimum atomic E-state index is -0.742. The van der Waals surface area contributed by atoms with Gasteiger partial charge in [-0.2, -0.15) is 5.26 Å². The van der Waals surface area contributed by atoms with Gasteiger partial charge < -0.3 is 0 Å². The van der Waals surface area contributed by atoms with E-state index in [1.807, 2.05) is 0 Å². The molecule has 0 fully saturated rings. The lowest BCUT2D eigenvalue weighted by Gasteiger charge is -2.04. The molecule has 0 bridgehead atoms. The Morgan fingerprint density at radius 1 is 1.64 bits per heavy atom. The molecule has 1 aromatic rings. The first-order valence-corrected chi connectivity index (χ1v) is 4.82. The first-order chi connectivity index (χ1) is 6.61. The second-order valence-electron chi connectivity index (χ2n) is 2.67. The van der Waals surface area contributed by atoms with Crippen molar-refractivity contribution in [3.8, 4) is 6.07 Å². The van der Waals surface area contributed by atoms with Gasteiger partial charge >= 0.3 is 0 Å². The molecule has 1 aromatic carbocycles. The van der Waals surface area contributed by atoms with Crippen molar-refractivity contribution in [3.05, 3.63) is 33.5 Å². The summed E-state index contributed by atoms with van der Waals surface area (Å²) in [6.45, 7) is 1.65. The fourth-order valence-electron chi connectivity index (χ4n) is 1.07. The molecule has 0 unspecified atom stereocenters. The molecule has 0 radical (unpaired) electrons. The minimum absolute atomic E-state index is 0.0356. The van der Waals surface area contributed by atoms with Gasteiger partial charge in [0.2, 0.25) is 0 Å². The summed E-state index contributed by atoms with van der Waals surface area (Å²) in [5.41, 5.74) is -0.142. The topological polar surface area (TPSA) is 40.9 Å². The zero-order valence-corrected chi connectivity index (χ0v) is 9.06. The smallest absolute Gasteiger partial charge is 0.166 e. The van der Waals surface area contributed by atoms with Crippen molar-refractivity contribution in [2.45, 2.75) is 13.3 Å². The fraction of sp³-hybridized carbons (Fsp3) is 0.200. The van der Waals surface area contributed by atoms with Gasteiger partial charge in [0.1, 0.15) is 6.07 Å². The van der Waals surface area contributed by atoms with Crippen LogP contribution in [-0.2, 0) is 0 Å². The second-order valence-corrected chi connectivity index (χ2v) is 3.53. The number of carbonyl (C=O) groups excluding carboxylic acids is 1. The van der Waals surface area contributed by atoms with Crippen LogP contribution in [0.4, 0.5) is 4.39 Å². The first-order valence-electron chi connectivity index (χ1n) is 4.03. The molecule has 0 heterocycles. The molecule has 2 nitrogen and oxygen atoms in total. The van der Waals surface area contributed by atoms with E-state index in [9.17, 15) is 9.18 Å². The van der Waals surface area contributed by atoms with Gasteiger partial charge in [-0.3, -0.25) is 4.79 Å². The number of benzene rings is 1. The van der Waals surface area contributed by atoms with Gasteiger partial charge in [0.15, 0.2) is 11.6 Å². The van der Waals surface area contributed by atoms with Crippen LogP contribution in [-0.4, -0.2) is 5.78 Å². The maximum atomic E-state index is 13.5. The van der Waals surface area contributed by atoms with E-state index in [0.717, 1.165) is 0 Å². The van der Waals surface area contributed by atoms with Crippen molar-refractivity contribution < 1.29 is 9.18 Å². The quantitative estimate of drug-likeness (QED) is 0.763. The number of carbonyl (C=O) groups is 1. The number of nitrogens with zero attached hydrogens (tertiary/aromatic N) is 1. The van der Waals surface area contributed by atoms with Crippen LogP contribution in [0.3, 0.4) is 0 Å². The van der Waals surface area contributed by atoms with Crippen molar-refractivity contribution in [1.82, 2.24) is 0 Å². The Kier molecular flexibility index (Phi) is 3.37. The molecule has 0 aromatic heterocycles. The third-order valence-electron chi connectivity index (χ3n) is 1.81. The maximum Gasteiger partial charge on any atom is 0.166 e. The van der Waals surface area contributed by atoms with Crippen LogP contribution in [0.2, 0.25) is 0 Å². The molecule has 0 aliphatic rings. The van der Waals surface area contributed by atoms with Gasteiger partial charge in [0, 0.05) is 10.9 Å². The van der Waals surface area contributed by atoms with Crippen LogP contribution in [0, 0.1) is 17.1 Å². The summed E-state index contributed by atoms with van der Waals surface area (Å²) in [7, 11) is 0. The van der Waals surface area contributed by atoms with Crippen LogP contribution < -0.4 is 0 Å². The van der Waals surface area contributed by atoms with Crippen LogP contribution in [0.15, 0.2) is 16.6 Å². The Hall–Kier alpha value is -1.21. The lowest BCUT2D eigenvalue weighted by Crippen LogP contribution is -2.03. The van der Waals surface area contributed by atoms with Gasteiger partial charge in [-0.25, -0.2) is 4.39 Å². The highest BCUT2D eigenvalue weighted by atomic mass is 79.9. The molecule has 0 saturated heterocycles. The van der Waals surface area contributed by atoms with E-state index in [1.165, 1.54) is 12.1 Å². The Morgan fingerprint density at radius 3 is 2.79 bits per heavy atom. The number of rotatable bonds is 2. The van der Waals surface area contributed by atoms with E-state index in [4.69, 9.17) is 5.26 Å². The summed E-state index contributed by atoms with van der Waals surface area (Å²) >= 11 is 3.08. The summed E-state index contributed by atoms with van der Waals surface area (Å²) in [4.78, 5) is 11.3. The Labute approximate surface area is 89.5 Å². The van der Waals surface area contributed by atoms with Crippen molar-refractivity contribution in [3.63, 3.8) is 0 Å². The molecule has 0 aliphatic heterocycles. The standard InChI is InChI=1S/C10H7BrFNO/c1-2-8(14)9-7(11)4-3-6(5-13)10(9)12/h3-4H,2H2,1H3. The second kappa shape index (κ2) is 4.34. The van der Waals surface area contributed by atoms with E-state index in [0.29, 0.717) is 4.47 Å². The third kappa shape index (κ3) is 1.83.